The predicted octanol–water partition coefficient (Wildman–Crippen LogP) is 10.0. The number of esters is 1. The lowest BCUT2D eigenvalue weighted by Gasteiger charge is -2.41. The Morgan fingerprint density at radius 1 is 0.779 bits per heavy atom. The van der Waals surface area contributed by atoms with Crippen molar-refractivity contribution in [2.24, 2.45) is 35.5 Å². The highest BCUT2D eigenvalue weighted by atomic mass is 16.7. The number of ether oxygens (including phenoxy) is 3. The molecule has 2 aromatic carbocycles. The van der Waals surface area contributed by atoms with E-state index < -0.39 is 36.0 Å². The van der Waals surface area contributed by atoms with Crippen LogP contribution >= 0.6 is 0 Å². The number of benzene rings is 2. The summed E-state index contributed by atoms with van der Waals surface area (Å²) in [4.78, 5) is 99.5. The molecule has 0 unspecified atom stereocenters. The molecule has 0 radical (unpaired) electrons. The number of likely N-dealkylation sites (N-methyl/N-ethyl adjacent to an activating group) is 2. The fraction of sp³-hybridized carbons (Fsp3) is 0.677. The molecular formula is C62H95N5O10. The number of aromatic nitrogens is 1. The number of para-hydroxylation sites is 1. The highest BCUT2D eigenvalue weighted by Crippen LogP contribution is 2.33. The van der Waals surface area contributed by atoms with Crippen molar-refractivity contribution in [1.82, 2.24) is 24.7 Å². The largest absolute Gasteiger partial charge is 0.461 e. The van der Waals surface area contributed by atoms with E-state index in [-0.39, 0.29) is 84.4 Å². The Bertz CT molecular complexity index is 2310. The smallest absolute Gasteiger partial charge is 0.306 e. The van der Waals surface area contributed by atoms with Crippen molar-refractivity contribution in [3.05, 3.63) is 71.9 Å². The second-order valence-corrected chi connectivity index (χ2v) is 22.9. The van der Waals surface area contributed by atoms with Gasteiger partial charge < -0.3 is 29.0 Å². The molecule has 0 saturated carbocycles. The zero-order valence-corrected chi connectivity index (χ0v) is 48.6. The first kappa shape index (κ1) is 62.9. The maximum absolute atomic E-state index is 14.8. The average Bonchev–Trinajstić information content (AvgIpc) is 4.09. The minimum Gasteiger partial charge on any atom is -0.461 e. The fourth-order valence-electron chi connectivity index (χ4n) is 12.0. The minimum absolute atomic E-state index is 0.000122. The van der Waals surface area contributed by atoms with E-state index in [1.54, 1.807) is 26.2 Å². The van der Waals surface area contributed by atoms with Gasteiger partial charge in [-0.1, -0.05) is 123 Å². The van der Waals surface area contributed by atoms with E-state index in [1.807, 2.05) is 93.5 Å². The predicted molar refractivity (Wildman–Crippen MR) is 301 cm³/mol. The number of ketones is 2. The number of unbranched alkanes of at least 4 members (excludes halogenated alkanes) is 4. The Morgan fingerprint density at radius 3 is 2.14 bits per heavy atom. The lowest BCUT2D eigenvalue weighted by molar-refractivity contribution is -0.201. The summed E-state index contributed by atoms with van der Waals surface area (Å²) in [7, 11) is 6.96. The van der Waals surface area contributed by atoms with E-state index in [9.17, 15) is 28.8 Å². The summed E-state index contributed by atoms with van der Waals surface area (Å²) in [5.41, 5.74) is 2.90. The number of methoxy groups -OCH3 is 2. The monoisotopic (exact) mass is 1070 g/mol. The van der Waals surface area contributed by atoms with Gasteiger partial charge in [-0.15, -0.1) is 0 Å². The van der Waals surface area contributed by atoms with Crippen LogP contribution in [0, 0.1) is 35.5 Å². The van der Waals surface area contributed by atoms with Crippen LogP contribution in [0.4, 0.5) is 0 Å². The topological polar surface area (TPSA) is 168 Å². The average molecular weight is 1070 g/mol. The highest BCUT2D eigenvalue weighted by Gasteiger charge is 2.44. The summed E-state index contributed by atoms with van der Waals surface area (Å²) in [6.45, 7) is 16.6. The molecule has 15 nitrogen and oxygen atoms in total. The fourth-order valence-corrected chi connectivity index (χ4v) is 12.0. The van der Waals surface area contributed by atoms with E-state index in [1.165, 1.54) is 5.06 Å². The van der Waals surface area contributed by atoms with Crippen molar-refractivity contribution in [2.75, 3.05) is 54.6 Å². The molecule has 428 valence electrons. The number of H-pyrrole nitrogens is 1. The molecule has 2 aliphatic rings. The van der Waals surface area contributed by atoms with Gasteiger partial charge in [-0.25, -0.2) is 5.06 Å². The molecule has 3 aromatic rings. The van der Waals surface area contributed by atoms with Gasteiger partial charge in [0, 0.05) is 82.6 Å². The summed E-state index contributed by atoms with van der Waals surface area (Å²) in [5.74, 6) is -2.68. The molecule has 2 saturated heterocycles. The van der Waals surface area contributed by atoms with Crippen molar-refractivity contribution in [1.29, 1.82) is 0 Å². The third kappa shape index (κ3) is 17.8. The standard InChI is InChI=1S/C62H95N5O10/c1-12-44(6)59(65(9)62(73)50(42(2)3)38-54(69)58(43(4)5)64(8)32-22-15-13-14-19-31-57(71)76-41-46-26-17-16-18-27-46)55(74-10)39-56(70)66-33-25-30-52(66)60(75-11)45(7)53(68)37-47(61(72)67-34-23-24-35-77-67)36-48-40-63-51-29-21-20-28-49(48)51/h16-18,20-21,26-29,40,42-45,47,50,52,55,58-60,63H,12-15,19,22-25,30-39,41H2,1-11H3/t44-,45-,47+,50-,52-,55+,58-,59-,60+/m0/s1. The SMILES string of the molecule is CC[C@H](C)[C@@H]([C@@H](CC(=O)N1CCC[C@H]1[C@H](OC)[C@@H](C)C(=O)C[C@@H](Cc1c[nH]c2ccccc12)C(=O)N1CCCCO1)OC)N(C)C(=O)[C@@H](CC(=O)[C@H](C(C)C)N(C)CCCCCCCC(=O)OCc1ccccc1)C(C)C. The zero-order valence-electron chi connectivity index (χ0n) is 48.6. The lowest BCUT2D eigenvalue weighted by atomic mass is 9.83. The third-order valence-corrected chi connectivity index (χ3v) is 16.7. The summed E-state index contributed by atoms with van der Waals surface area (Å²) < 4.78 is 17.8. The van der Waals surface area contributed by atoms with Crippen molar-refractivity contribution >= 4 is 46.2 Å². The Hall–Kier alpha value is -4.96. The van der Waals surface area contributed by atoms with Crippen LogP contribution in [0.5, 0.6) is 0 Å². The molecule has 0 bridgehead atoms. The van der Waals surface area contributed by atoms with Crippen LogP contribution in [0.3, 0.4) is 0 Å². The van der Waals surface area contributed by atoms with Gasteiger partial charge in [-0.2, -0.15) is 0 Å². The van der Waals surface area contributed by atoms with Gasteiger partial charge in [-0.3, -0.25) is 38.5 Å². The van der Waals surface area contributed by atoms with Crippen LogP contribution < -0.4 is 0 Å². The number of Topliss-reactive ketones (excluding diaryl/α,β-unsaturated/α-hetero) is 2. The maximum atomic E-state index is 14.8. The molecule has 2 fully saturated rings. The maximum Gasteiger partial charge on any atom is 0.306 e. The summed E-state index contributed by atoms with van der Waals surface area (Å²) in [6.07, 6.45) is 9.98. The number of aromatic amines is 1. The van der Waals surface area contributed by atoms with Crippen molar-refractivity contribution < 1.29 is 47.8 Å². The van der Waals surface area contributed by atoms with Crippen molar-refractivity contribution in [3.8, 4) is 0 Å². The Balaban J connectivity index is 1.19. The minimum atomic E-state index is -0.651. The number of fused-ring (bicyclic) bond motifs is 1. The molecule has 9 atom stereocenters. The third-order valence-electron chi connectivity index (χ3n) is 16.7. The van der Waals surface area contributed by atoms with Gasteiger partial charge in [0.05, 0.1) is 49.3 Å². The molecule has 0 spiro atoms. The molecule has 1 N–H and O–H groups in total. The molecule has 1 aromatic heterocycles. The molecular weight excluding hydrogens is 975 g/mol. The quantitative estimate of drug-likeness (QED) is 0.0455. The van der Waals surface area contributed by atoms with Crippen LogP contribution in [0.1, 0.15) is 149 Å². The Labute approximate surface area is 460 Å². The van der Waals surface area contributed by atoms with Gasteiger partial charge in [0.15, 0.2) is 5.78 Å². The summed E-state index contributed by atoms with van der Waals surface area (Å²) >= 11 is 0. The Kier molecular flexibility index (Phi) is 25.8. The second-order valence-electron chi connectivity index (χ2n) is 22.9. The van der Waals surface area contributed by atoms with Crippen molar-refractivity contribution in [2.45, 2.75) is 182 Å². The van der Waals surface area contributed by atoms with Crippen LogP contribution in [-0.2, 0) is 60.8 Å². The van der Waals surface area contributed by atoms with E-state index in [0.717, 1.165) is 86.4 Å². The number of likely N-dealkylation sites (tertiary alicyclic amines) is 1. The number of hydrogen-bond acceptors (Lipinski definition) is 11. The van der Waals surface area contributed by atoms with E-state index in [0.29, 0.717) is 45.6 Å². The summed E-state index contributed by atoms with van der Waals surface area (Å²) in [6, 6.07) is 16.4. The first-order valence-corrected chi connectivity index (χ1v) is 29.0. The molecule has 5 rings (SSSR count). The van der Waals surface area contributed by atoms with Crippen molar-refractivity contribution in [3.63, 3.8) is 0 Å². The first-order valence-electron chi connectivity index (χ1n) is 29.0. The second kappa shape index (κ2) is 31.6. The van der Waals surface area contributed by atoms with Crippen LogP contribution in [0.25, 0.3) is 10.9 Å². The number of hydroxylamine groups is 2. The zero-order chi connectivity index (χ0) is 56.2. The molecule has 15 heteroatoms. The first-order chi connectivity index (χ1) is 36.9. The normalized spacial score (nSPS) is 18.2. The molecule has 3 heterocycles. The van der Waals surface area contributed by atoms with E-state index in [4.69, 9.17) is 19.0 Å². The lowest BCUT2D eigenvalue weighted by Crippen LogP contribution is -2.54. The van der Waals surface area contributed by atoms with Crippen LogP contribution in [0.2, 0.25) is 0 Å². The van der Waals surface area contributed by atoms with E-state index >= 15 is 0 Å². The molecule has 0 aliphatic carbocycles. The van der Waals surface area contributed by atoms with Crippen LogP contribution in [-0.4, -0.2) is 145 Å². The van der Waals surface area contributed by atoms with E-state index in [2.05, 4.69) is 37.6 Å². The van der Waals surface area contributed by atoms with Gasteiger partial charge in [0.1, 0.15) is 12.4 Å². The van der Waals surface area contributed by atoms with Gasteiger partial charge in [0.2, 0.25) is 17.7 Å². The number of carbonyl (C=O) groups is 6. The number of carbonyl (C=O) groups excluding carboxylic acids is 6. The van der Waals surface area contributed by atoms with Gasteiger partial charge >= 0.3 is 5.97 Å². The number of rotatable bonds is 33. The number of amides is 3. The summed E-state index contributed by atoms with van der Waals surface area (Å²) in [5, 5.41) is 2.45. The van der Waals surface area contributed by atoms with Gasteiger partial charge in [0.25, 0.3) is 0 Å². The number of nitrogens with zero attached hydrogens (tertiary/aromatic N) is 4. The number of hydrogen-bond donors (Lipinski definition) is 1. The van der Waals surface area contributed by atoms with Gasteiger partial charge in [-0.05, 0) is 93.5 Å². The molecule has 3 amide bonds. The molecule has 77 heavy (non-hydrogen) atoms. The molecule has 2 aliphatic heterocycles. The highest BCUT2D eigenvalue weighted by molar-refractivity contribution is 5.91. The Morgan fingerprint density at radius 2 is 1.48 bits per heavy atom. The number of nitrogens with one attached hydrogen (secondary N) is 1. The van der Waals surface area contributed by atoms with Crippen LogP contribution in [0.15, 0.2) is 60.8 Å².